The SMILES string of the molecule is Cc1cc(C)n(-c2ccc(C(=O)N3C[C@@H]4CCCN[C@@H]4C3)cc2)n1. The summed E-state index contributed by atoms with van der Waals surface area (Å²) in [5.41, 5.74) is 3.86. The van der Waals surface area contributed by atoms with Crippen LogP contribution in [0.25, 0.3) is 5.69 Å². The molecular weight excluding hydrogens is 300 g/mol. The molecule has 1 aromatic carbocycles. The largest absolute Gasteiger partial charge is 0.337 e. The molecule has 1 aromatic heterocycles. The molecule has 5 heteroatoms. The van der Waals surface area contributed by atoms with Crippen molar-refractivity contribution in [3.63, 3.8) is 0 Å². The van der Waals surface area contributed by atoms with Crippen LogP contribution >= 0.6 is 0 Å². The number of likely N-dealkylation sites (tertiary alicyclic amines) is 1. The quantitative estimate of drug-likeness (QED) is 0.922. The van der Waals surface area contributed by atoms with E-state index in [0.29, 0.717) is 12.0 Å². The summed E-state index contributed by atoms with van der Waals surface area (Å²) in [4.78, 5) is 14.8. The molecule has 4 rings (SSSR count). The third kappa shape index (κ3) is 2.73. The number of rotatable bonds is 2. The molecule has 5 nitrogen and oxygen atoms in total. The van der Waals surface area contributed by atoms with E-state index in [-0.39, 0.29) is 5.91 Å². The van der Waals surface area contributed by atoms with Gasteiger partial charge in [0.15, 0.2) is 0 Å². The lowest BCUT2D eigenvalue weighted by molar-refractivity contribution is 0.0785. The van der Waals surface area contributed by atoms with E-state index < -0.39 is 0 Å². The van der Waals surface area contributed by atoms with Crippen molar-refractivity contribution < 1.29 is 4.79 Å². The highest BCUT2D eigenvalue weighted by molar-refractivity contribution is 5.94. The van der Waals surface area contributed by atoms with Crippen LogP contribution in [0.2, 0.25) is 0 Å². The van der Waals surface area contributed by atoms with E-state index >= 15 is 0 Å². The van der Waals surface area contributed by atoms with Crippen molar-refractivity contribution in [1.82, 2.24) is 20.0 Å². The second-order valence-corrected chi connectivity index (χ2v) is 7.06. The van der Waals surface area contributed by atoms with Gasteiger partial charge in [0.05, 0.1) is 11.4 Å². The first-order valence-corrected chi connectivity index (χ1v) is 8.78. The van der Waals surface area contributed by atoms with E-state index in [4.69, 9.17) is 0 Å². The van der Waals surface area contributed by atoms with Crippen LogP contribution < -0.4 is 5.32 Å². The molecule has 0 bridgehead atoms. The van der Waals surface area contributed by atoms with E-state index in [2.05, 4.69) is 16.5 Å². The molecule has 2 saturated heterocycles. The van der Waals surface area contributed by atoms with E-state index in [1.807, 2.05) is 47.7 Å². The zero-order chi connectivity index (χ0) is 16.7. The molecular formula is C19H24N4O. The third-order valence-corrected chi connectivity index (χ3v) is 5.25. The summed E-state index contributed by atoms with van der Waals surface area (Å²) in [7, 11) is 0. The van der Waals surface area contributed by atoms with Gasteiger partial charge in [-0.25, -0.2) is 4.68 Å². The molecule has 0 radical (unpaired) electrons. The average Bonchev–Trinajstić information content (AvgIpc) is 3.17. The van der Waals surface area contributed by atoms with Crippen molar-refractivity contribution in [2.75, 3.05) is 19.6 Å². The standard InChI is InChI=1S/C19H24N4O/c1-13-10-14(2)23(21-13)17-7-5-15(6-8-17)19(24)22-11-16-4-3-9-20-18(16)12-22/h5-8,10,16,18,20H,3-4,9,11-12H2,1-2H3/t16-,18+/m0/s1. The Hall–Kier alpha value is -2.14. The Morgan fingerprint density at radius 1 is 1.21 bits per heavy atom. The van der Waals surface area contributed by atoms with Crippen molar-refractivity contribution >= 4 is 5.91 Å². The van der Waals surface area contributed by atoms with Gasteiger partial charge >= 0.3 is 0 Å². The molecule has 1 amide bonds. The highest BCUT2D eigenvalue weighted by Crippen LogP contribution is 2.26. The van der Waals surface area contributed by atoms with Gasteiger partial charge in [-0.05, 0) is 69.5 Å². The smallest absolute Gasteiger partial charge is 0.253 e. The number of aromatic nitrogens is 2. The number of carbonyl (C=O) groups is 1. The van der Waals surface area contributed by atoms with E-state index in [0.717, 1.165) is 42.3 Å². The monoisotopic (exact) mass is 324 g/mol. The highest BCUT2D eigenvalue weighted by atomic mass is 16.2. The minimum absolute atomic E-state index is 0.145. The first-order valence-electron chi connectivity index (χ1n) is 8.78. The maximum absolute atomic E-state index is 12.8. The normalized spacial score (nSPS) is 23.3. The number of piperidine rings is 1. The third-order valence-electron chi connectivity index (χ3n) is 5.25. The number of hydrogen-bond donors (Lipinski definition) is 1. The van der Waals surface area contributed by atoms with Gasteiger partial charge < -0.3 is 10.2 Å². The Morgan fingerprint density at radius 2 is 2.00 bits per heavy atom. The summed E-state index contributed by atoms with van der Waals surface area (Å²) < 4.78 is 1.91. The van der Waals surface area contributed by atoms with Crippen molar-refractivity contribution in [2.45, 2.75) is 32.7 Å². The lowest BCUT2D eigenvalue weighted by Gasteiger charge is -2.24. The number of fused-ring (bicyclic) bond motifs is 1. The van der Waals surface area contributed by atoms with Crippen LogP contribution in [-0.4, -0.2) is 46.3 Å². The Balaban J connectivity index is 1.50. The highest BCUT2D eigenvalue weighted by Gasteiger charge is 2.36. The van der Waals surface area contributed by atoms with Crippen LogP contribution in [0.3, 0.4) is 0 Å². The fourth-order valence-electron chi connectivity index (χ4n) is 4.03. The summed E-state index contributed by atoms with van der Waals surface area (Å²) >= 11 is 0. The van der Waals surface area contributed by atoms with Gasteiger partial charge in [-0.15, -0.1) is 0 Å². The topological polar surface area (TPSA) is 50.2 Å². The van der Waals surface area contributed by atoms with Gasteiger partial charge in [0.2, 0.25) is 0 Å². The summed E-state index contributed by atoms with van der Waals surface area (Å²) in [5, 5.41) is 8.05. The number of hydrogen-bond acceptors (Lipinski definition) is 3. The molecule has 3 heterocycles. The first kappa shape index (κ1) is 15.4. The van der Waals surface area contributed by atoms with Gasteiger partial charge in [-0.3, -0.25) is 4.79 Å². The predicted octanol–water partition coefficient (Wildman–Crippen LogP) is 2.31. The van der Waals surface area contributed by atoms with Crippen LogP contribution in [-0.2, 0) is 0 Å². The minimum Gasteiger partial charge on any atom is -0.337 e. The van der Waals surface area contributed by atoms with Crippen molar-refractivity contribution in [3.05, 3.63) is 47.3 Å². The van der Waals surface area contributed by atoms with Gasteiger partial charge in [0.1, 0.15) is 0 Å². The average molecular weight is 324 g/mol. The van der Waals surface area contributed by atoms with Crippen LogP contribution in [0.4, 0.5) is 0 Å². The molecule has 126 valence electrons. The van der Waals surface area contributed by atoms with Gasteiger partial charge in [-0.1, -0.05) is 0 Å². The second-order valence-electron chi connectivity index (χ2n) is 7.06. The lowest BCUT2D eigenvalue weighted by Crippen LogP contribution is -2.41. The zero-order valence-corrected chi connectivity index (χ0v) is 14.3. The molecule has 24 heavy (non-hydrogen) atoms. The number of nitrogens with zero attached hydrogens (tertiary/aromatic N) is 3. The Kier molecular flexibility index (Phi) is 3.88. The number of carbonyl (C=O) groups excluding carboxylic acids is 1. The van der Waals surface area contributed by atoms with Gasteiger partial charge in [0.25, 0.3) is 5.91 Å². The summed E-state index contributed by atoms with van der Waals surface area (Å²) in [6, 6.07) is 10.3. The van der Waals surface area contributed by atoms with Crippen LogP contribution in [0.5, 0.6) is 0 Å². The molecule has 0 saturated carbocycles. The Labute approximate surface area is 142 Å². The molecule has 2 fully saturated rings. The maximum atomic E-state index is 12.8. The number of amides is 1. The molecule has 0 aliphatic carbocycles. The van der Waals surface area contributed by atoms with Crippen molar-refractivity contribution in [2.24, 2.45) is 5.92 Å². The number of aryl methyl sites for hydroxylation is 2. The molecule has 2 aliphatic heterocycles. The molecule has 0 spiro atoms. The fraction of sp³-hybridized carbons (Fsp3) is 0.474. The zero-order valence-electron chi connectivity index (χ0n) is 14.3. The predicted molar refractivity (Wildman–Crippen MR) is 93.5 cm³/mol. The molecule has 0 unspecified atom stereocenters. The van der Waals surface area contributed by atoms with E-state index in [1.54, 1.807) is 0 Å². The van der Waals surface area contributed by atoms with E-state index in [1.165, 1.54) is 12.8 Å². The fourth-order valence-corrected chi connectivity index (χ4v) is 4.03. The van der Waals surface area contributed by atoms with E-state index in [9.17, 15) is 4.79 Å². The van der Waals surface area contributed by atoms with Gasteiger partial charge in [-0.2, -0.15) is 5.10 Å². The molecule has 1 N–H and O–H groups in total. The van der Waals surface area contributed by atoms with Gasteiger partial charge in [0, 0.05) is 30.4 Å². The Morgan fingerprint density at radius 3 is 2.67 bits per heavy atom. The maximum Gasteiger partial charge on any atom is 0.253 e. The molecule has 2 aromatic rings. The summed E-state index contributed by atoms with van der Waals surface area (Å²) in [6.45, 7) is 6.83. The minimum atomic E-state index is 0.145. The number of benzene rings is 1. The first-order chi connectivity index (χ1) is 11.6. The summed E-state index contributed by atoms with van der Waals surface area (Å²) in [5.74, 6) is 0.766. The van der Waals surface area contributed by atoms with Crippen LogP contribution in [0.15, 0.2) is 30.3 Å². The second kappa shape index (κ2) is 6.06. The van der Waals surface area contributed by atoms with Crippen molar-refractivity contribution in [3.8, 4) is 5.69 Å². The number of nitrogens with one attached hydrogen (secondary N) is 1. The summed E-state index contributed by atoms with van der Waals surface area (Å²) in [6.07, 6.45) is 2.46. The Bertz CT molecular complexity index is 735. The molecule has 2 aliphatic rings. The van der Waals surface area contributed by atoms with Crippen LogP contribution in [0, 0.1) is 19.8 Å². The molecule has 2 atom stereocenters. The van der Waals surface area contributed by atoms with Crippen LogP contribution in [0.1, 0.15) is 34.6 Å². The lowest BCUT2D eigenvalue weighted by atomic mass is 9.94. The van der Waals surface area contributed by atoms with Crippen molar-refractivity contribution in [1.29, 1.82) is 0 Å².